The lowest BCUT2D eigenvalue weighted by molar-refractivity contribution is 0.0957. The molecule has 0 aliphatic carbocycles. The minimum absolute atomic E-state index is 0.146. The molecule has 1 aliphatic heterocycles. The van der Waals surface area contributed by atoms with E-state index in [9.17, 15) is 4.79 Å². The molecule has 0 spiro atoms. The van der Waals surface area contributed by atoms with Crippen LogP contribution in [0.4, 0.5) is 0 Å². The summed E-state index contributed by atoms with van der Waals surface area (Å²) < 4.78 is 5.53. The van der Waals surface area contributed by atoms with E-state index in [-0.39, 0.29) is 5.91 Å². The summed E-state index contributed by atoms with van der Waals surface area (Å²) in [6, 6.07) is 12.8. The molecular weight excluding hydrogens is 309 g/mol. The van der Waals surface area contributed by atoms with Crippen LogP contribution >= 0.6 is 23.2 Å². The third-order valence-corrected chi connectivity index (χ3v) is 4.20. The maximum absolute atomic E-state index is 12.0. The fraction of sp³-hybridized carbons (Fsp3) is 0.188. The summed E-state index contributed by atoms with van der Waals surface area (Å²) in [6.45, 7) is 0.963. The number of rotatable bonds is 2. The lowest BCUT2D eigenvalue weighted by Gasteiger charge is -2.14. The molecule has 0 aromatic heterocycles. The zero-order valence-electron chi connectivity index (χ0n) is 11.1. The summed E-state index contributed by atoms with van der Waals surface area (Å²) in [5.41, 5.74) is 2.13. The number of amides is 1. The van der Waals surface area contributed by atoms with Crippen LogP contribution in [-0.4, -0.2) is 19.1 Å². The molecule has 1 unspecified atom stereocenters. The molecule has 0 saturated heterocycles. The van der Waals surface area contributed by atoms with Crippen LogP contribution in [0.5, 0.6) is 5.75 Å². The van der Waals surface area contributed by atoms with Crippen LogP contribution in [0.2, 0.25) is 5.02 Å². The van der Waals surface area contributed by atoms with Crippen molar-refractivity contribution >= 4 is 29.1 Å². The summed E-state index contributed by atoms with van der Waals surface area (Å²) in [4.78, 5) is 12.0. The van der Waals surface area contributed by atoms with Gasteiger partial charge < -0.3 is 10.1 Å². The van der Waals surface area contributed by atoms with Crippen molar-refractivity contribution in [3.8, 4) is 5.75 Å². The lowest BCUT2D eigenvalue weighted by atomic mass is 10.0. The highest BCUT2D eigenvalue weighted by atomic mass is 35.5. The number of halogens is 2. The predicted octanol–water partition coefficient (Wildman–Crippen LogP) is 3.79. The molecule has 2 aromatic rings. The molecule has 3 nitrogen and oxygen atoms in total. The lowest BCUT2D eigenvalue weighted by Crippen LogP contribution is -2.24. The Morgan fingerprint density at radius 3 is 2.81 bits per heavy atom. The van der Waals surface area contributed by atoms with Gasteiger partial charge in [0.2, 0.25) is 0 Å². The third-order valence-electron chi connectivity index (χ3n) is 3.36. The number of carbonyl (C=O) groups is 1. The van der Waals surface area contributed by atoms with E-state index in [4.69, 9.17) is 27.9 Å². The molecule has 5 heteroatoms. The van der Waals surface area contributed by atoms with E-state index in [1.54, 1.807) is 18.2 Å². The minimum atomic E-state index is -0.417. The summed E-state index contributed by atoms with van der Waals surface area (Å²) in [6.07, 6.45) is 0. The second kappa shape index (κ2) is 5.96. The average Bonchev–Trinajstić information content (AvgIpc) is 2.69. The topological polar surface area (TPSA) is 38.3 Å². The number of hydrogen-bond donors (Lipinski definition) is 1. The highest BCUT2D eigenvalue weighted by molar-refractivity contribution is 6.33. The van der Waals surface area contributed by atoms with Gasteiger partial charge >= 0.3 is 0 Å². The first kappa shape index (κ1) is 14.2. The van der Waals surface area contributed by atoms with Crippen LogP contribution in [-0.2, 0) is 0 Å². The Kier molecular flexibility index (Phi) is 4.04. The molecule has 1 atom stereocenters. The molecule has 1 N–H and O–H groups in total. The van der Waals surface area contributed by atoms with Crippen LogP contribution in [0.15, 0.2) is 42.5 Å². The van der Waals surface area contributed by atoms with Gasteiger partial charge in [0.15, 0.2) is 0 Å². The Balaban J connectivity index is 2.00. The summed E-state index contributed by atoms with van der Waals surface area (Å²) in [5.74, 6) is 0.434. The molecule has 1 aliphatic rings. The SMILES string of the molecule is O=C1NCCOc2ccc(C(Cl)c3ccccc3Cl)cc21. The molecule has 1 amide bonds. The first-order valence-corrected chi connectivity index (χ1v) is 7.41. The molecule has 0 fully saturated rings. The molecular formula is C16H13Cl2NO2. The smallest absolute Gasteiger partial charge is 0.255 e. The van der Waals surface area contributed by atoms with Crippen LogP contribution < -0.4 is 10.1 Å². The van der Waals surface area contributed by atoms with Crippen LogP contribution in [0.3, 0.4) is 0 Å². The second-order valence-electron chi connectivity index (χ2n) is 4.74. The minimum Gasteiger partial charge on any atom is -0.491 e. The van der Waals surface area contributed by atoms with E-state index in [1.807, 2.05) is 24.3 Å². The van der Waals surface area contributed by atoms with Crippen LogP contribution in [0, 0.1) is 0 Å². The zero-order chi connectivity index (χ0) is 14.8. The molecule has 0 bridgehead atoms. The van der Waals surface area contributed by atoms with Gasteiger partial charge in [-0.25, -0.2) is 0 Å². The van der Waals surface area contributed by atoms with Gasteiger partial charge in [-0.1, -0.05) is 35.9 Å². The van der Waals surface area contributed by atoms with Gasteiger partial charge in [-0.15, -0.1) is 11.6 Å². The highest BCUT2D eigenvalue weighted by Crippen LogP contribution is 2.35. The standard InChI is InChI=1S/C16H13Cl2NO2/c17-13-4-2-1-3-11(13)15(18)10-5-6-14-12(9-10)16(20)19-7-8-21-14/h1-6,9,15H,7-8H2,(H,19,20). The van der Waals surface area contributed by atoms with Gasteiger partial charge in [-0.2, -0.15) is 0 Å². The fourth-order valence-electron chi connectivity index (χ4n) is 2.29. The van der Waals surface area contributed by atoms with Crippen molar-refractivity contribution in [3.05, 3.63) is 64.2 Å². The van der Waals surface area contributed by atoms with E-state index in [0.717, 1.165) is 11.1 Å². The largest absolute Gasteiger partial charge is 0.491 e. The number of hydrogen-bond acceptors (Lipinski definition) is 2. The maximum Gasteiger partial charge on any atom is 0.255 e. The van der Waals surface area contributed by atoms with Crippen molar-refractivity contribution in [3.63, 3.8) is 0 Å². The van der Waals surface area contributed by atoms with Gasteiger partial charge in [0.05, 0.1) is 17.5 Å². The van der Waals surface area contributed by atoms with Crippen LogP contribution in [0.1, 0.15) is 26.9 Å². The summed E-state index contributed by atoms with van der Waals surface area (Å²) in [7, 11) is 0. The predicted molar refractivity (Wildman–Crippen MR) is 83.4 cm³/mol. The van der Waals surface area contributed by atoms with E-state index < -0.39 is 5.38 Å². The fourth-order valence-corrected chi connectivity index (χ4v) is 2.92. The average molecular weight is 322 g/mol. The van der Waals surface area contributed by atoms with E-state index in [1.165, 1.54) is 0 Å². The molecule has 3 rings (SSSR count). The van der Waals surface area contributed by atoms with E-state index in [2.05, 4.69) is 5.32 Å². The zero-order valence-corrected chi connectivity index (χ0v) is 12.6. The molecule has 21 heavy (non-hydrogen) atoms. The van der Waals surface area contributed by atoms with Crippen molar-refractivity contribution in [1.29, 1.82) is 0 Å². The summed E-state index contributed by atoms with van der Waals surface area (Å²) in [5, 5.41) is 2.97. The maximum atomic E-state index is 12.0. The van der Waals surface area contributed by atoms with Gasteiger partial charge in [0.25, 0.3) is 5.91 Å². The van der Waals surface area contributed by atoms with Gasteiger partial charge in [0.1, 0.15) is 12.4 Å². The van der Waals surface area contributed by atoms with Crippen molar-refractivity contribution < 1.29 is 9.53 Å². The number of ether oxygens (including phenoxy) is 1. The Morgan fingerprint density at radius 1 is 1.19 bits per heavy atom. The monoisotopic (exact) mass is 321 g/mol. The first-order chi connectivity index (χ1) is 10.2. The third kappa shape index (κ3) is 2.85. The molecule has 0 saturated carbocycles. The van der Waals surface area contributed by atoms with Crippen molar-refractivity contribution in [1.82, 2.24) is 5.32 Å². The van der Waals surface area contributed by atoms with Crippen LogP contribution in [0.25, 0.3) is 0 Å². The number of fused-ring (bicyclic) bond motifs is 1. The summed E-state index contributed by atoms with van der Waals surface area (Å²) >= 11 is 12.7. The van der Waals surface area contributed by atoms with Crippen molar-refractivity contribution in [2.75, 3.05) is 13.2 Å². The Bertz CT molecular complexity index is 688. The van der Waals surface area contributed by atoms with Crippen molar-refractivity contribution in [2.24, 2.45) is 0 Å². The number of carbonyl (C=O) groups excluding carboxylic acids is 1. The molecule has 108 valence electrons. The Hall–Kier alpha value is -1.71. The number of nitrogens with one attached hydrogen (secondary N) is 1. The normalized spacial score (nSPS) is 15.4. The second-order valence-corrected chi connectivity index (χ2v) is 5.59. The molecule has 2 aromatic carbocycles. The molecule has 1 heterocycles. The highest BCUT2D eigenvalue weighted by Gasteiger charge is 2.20. The van der Waals surface area contributed by atoms with Gasteiger partial charge in [-0.05, 0) is 29.3 Å². The number of alkyl halides is 1. The van der Waals surface area contributed by atoms with Gasteiger partial charge in [0, 0.05) is 5.02 Å². The number of benzene rings is 2. The Morgan fingerprint density at radius 2 is 2.00 bits per heavy atom. The van der Waals surface area contributed by atoms with Crippen molar-refractivity contribution in [2.45, 2.75) is 5.38 Å². The quantitative estimate of drug-likeness (QED) is 0.854. The Labute approximate surface area is 132 Å². The first-order valence-electron chi connectivity index (χ1n) is 6.60. The van der Waals surface area contributed by atoms with E-state index in [0.29, 0.717) is 29.5 Å². The van der Waals surface area contributed by atoms with E-state index >= 15 is 0 Å². The van der Waals surface area contributed by atoms with Gasteiger partial charge in [-0.3, -0.25) is 4.79 Å². The molecule has 0 radical (unpaired) electrons.